The van der Waals surface area contributed by atoms with Gasteiger partial charge in [0.2, 0.25) is 0 Å². The monoisotopic (exact) mass is 364 g/mol. The lowest BCUT2D eigenvalue weighted by Crippen LogP contribution is -2.26. The molecule has 0 saturated carbocycles. The van der Waals surface area contributed by atoms with Gasteiger partial charge < -0.3 is 10.5 Å². The number of hydrogen-bond acceptors (Lipinski definition) is 6. The molecule has 1 unspecified atom stereocenters. The van der Waals surface area contributed by atoms with E-state index in [2.05, 4.69) is 36.8 Å². The molecule has 1 aliphatic heterocycles. The zero-order valence-corrected chi connectivity index (χ0v) is 16.1. The van der Waals surface area contributed by atoms with Gasteiger partial charge in [0.1, 0.15) is 23.1 Å². The topological polar surface area (TPSA) is 103 Å². The van der Waals surface area contributed by atoms with Crippen LogP contribution in [0.25, 0.3) is 22.3 Å². The van der Waals surface area contributed by atoms with Gasteiger partial charge in [0, 0.05) is 17.5 Å². The van der Waals surface area contributed by atoms with E-state index in [-0.39, 0.29) is 12.0 Å². The molecule has 0 bridgehead atoms. The van der Waals surface area contributed by atoms with Crippen LogP contribution < -0.4 is 10.5 Å². The molecule has 140 valence electrons. The third kappa shape index (κ3) is 2.83. The summed E-state index contributed by atoms with van der Waals surface area (Å²) in [5, 5.41) is 13.6. The smallest absolute Gasteiger partial charge is 0.190 e. The van der Waals surface area contributed by atoms with E-state index in [0.717, 1.165) is 46.4 Å². The van der Waals surface area contributed by atoms with Crippen LogP contribution in [0, 0.1) is 18.3 Å². The maximum atomic E-state index is 8.03. The number of benzene rings is 1. The fourth-order valence-corrected chi connectivity index (χ4v) is 3.61. The summed E-state index contributed by atoms with van der Waals surface area (Å²) in [5.74, 6) is 2.30. The molecule has 3 heterocycles. The van der Waals surface area contributed by atoms with E-state index in [4.69, 9.17) is 21.0 Å². The number of anilines is 1. The van der Waals surface area contributed by atoms with Crippen molar-refractivity contribution in [1.82, 2.24) is 19.7 Å². The average molecular weight is 364 g/mol. The van der Waals surface area contributed by atoms with Gasteiger partial charge in [-0.1, -0.05) is 6.92 Å². The summed E-state index contributed by atoms with van der Waals surface area (Å²) in [7, 11) is 0. The molecular formula is C20H24N6O. The minimum atomic E-state index is 0.119. The normalized spacial score (nSPS) is 16.6. The number of ether oxygens (including phenoxy) is 1. The summed E-state index contributed by atoms with van der Waals surface area (Å²) < 4.78 is 7.60. The highest BCUT2D eigenvalue weighted by atomic mass is 16.5. The summed E-state index contributed by atoms with van der Waals surface area (Å²) in [6.07, 6.45) is 1.68. The molecule has 0 saturated heterocycles. The first-order valence-electron chi connectivity index (χ1n) is 9.31. The van der Waals surface area contributed by atoms with Crippen molar-refractivity contribution in [2.24, 2.45) is 5.92 Å². The molecule has 0 fully saturated rings. The van der Waals surface area contributed by atoms with Crippen LogP contribution in [-0.2, 0) is 6.42 Å². The molecule has 3 aromatic rings. The Morgan fingerprint density at radius 3 is 2.81 bits per heavy atom. The number of fused-ring (bicyclic) bond motifs is 2. The zero-order chi connectivity index (χ0) is 19.3. The zero-order valence-electron chi connectivity index (χ0n) is 16.1. The van der Waals surface area contributed by atoms with Crippen LogP contribution in [0.5, 0.6) is 5.75 Å². The van der Waals surface area contributed by atoms with Crippen molar-refractivity contribution in [3.05, 3.63) is 29.6 Å². The van der Waals surface area contributed by atoms with Crippen molar-refractivity contribution < 1.29 is 4.74 Å². The van der Waals surface area contributed by atoms with Gasteiger partial charge in [-0.15, -0.1) is 0 Å². The average Bonchev–Trinajstić information content (AvgIpc) is 3.00. The van der Waals surface area contributed by atoms with Crippen molar-refractivity contribution in [3.63, 3.8) is 0 Å². The Kier molecular flexibility index (Phi) is 4.09. The minimum Gasteiger partial charge on any atom is -0.443 e. The van der Waals surface area contributed by atoms with Crippen LogP contribution in [0.3, 0.4) is 0 Å². The van der Waals surface area contributed by atoms with E-state index in [9.17, 15) is 0 Å². The van der Waals surface area contributed by atoms with Crippen molar-refractivity contribution in [2.75, 3.05) is 5.73 Å². The van der Waals surface area contributed by atoms with E-state index < -0.39 is 0 Å². The largest absolute Gasteiger partial charge is 0.443 e. The summed E-state index contributed by atoms with van der Waals surface area (Å²) in [6.45, 7) is 8.06. The number of nitrogens with two attached hydrogens (primary N) is 1. The van der Waals surface area contributed by atoms with Crippen LogP contribution >= 0.6 is 0 Å². The Labute approximate surface area is 158 Å². The molecule has 1 atom stereocenters. The molecule has 7 heteroatoms. The summed E-state index contributed by atoms with van der Waals surface area (Å²) in [4.78, 5) is 8.93. The number of rotatable bonds is 3. The fraction of sp³-hybridized carbons (Fsp3) is 0.400. The van der Waals surface area contributed by atoms with Gasteiger partial charge in [0.25, 0.3) is 0 Å². The van der Waals surface area contributed by atoms with E-state index >= 15 is 0 Å². The molecule has 2 aromatic heterocycles. The van der Waals surface area contributed by atoms with E-state index in [1.807, 2.05) is 23.7 Å². The standard InChI is InChI=1S/C20H24N6O/c1-5-12-8-14-9-13(6-7-15(14)27-19(12)22)17-16-18(21)23-11(4)24-20(16)26(25-17)10(2)3/h6-7,9-10,12,22H,5,8H2,1-4H3,(H2,21,23,24). The van der Waals surface area contributed by atoms with Crippen LogP contribution in [0.15, 0.2) is 18.2 Å². The van der Waals surface area contributed by atoms with Crippen LogP contribution in [0.2, 0.25) is 0 Å². The number of nitrogens with zero attached hydrogens (tertiary/aromatic N) is 4. The second-order valence-electron chi connectivity index (χ2n) is 7.34. The lowest BCUT2D eigenvalue weighted by atomic mass is 9.92. The predicted octanol–water partition coefficient (Wildman–Crippen LogP) is 3.90. The van der Waals surface area contributed by atoms with E-state index in [0.29, 0.717) is 17.5 Å². The molecule has 0 amide bonds. The Hall–Kier alpha value is -2.96. The first-order chi connectivity index (χ1) is 12.9. The summed E-state index contributed by atoms with van der Waals surface area (Å²) >= 11 is 0. The van der Waals surface area contributed by atoms with Gasteiger partial charge in [-0.2, -0.15) is 5.10 Å². The van der Waals surface area contributed by atoms with Crippen molar-refractivity contribution in [3.8, 4) is 17.0 Å². The first-order valence-corrected chi connectivity index (χ1v) is 9.31. The van der Waals surface area contributed by atoms with Gasteiger partial charge in [-0.3, -0.25) is 5.41 Å². The maximum absolute atomic E-state index is 8.03. The van der Waals surface area contributed by atoms with Gasteiger partial charge >= 0.3 is 0 Å². The minimum absolute atomic E-state index is 0.119. The molecule has 0 aliphatic carbocycles. The first kappa shape index (κ1) is 17.5. The second kappa shape index (κ2) is 6.33. The molecule has 7 nitrogen and oxygen atoms in total. The van der Waals surface area contributed by atoms with E-state index in [1.54, 1.807) is 0 Å². The third-order valence-corrected chi connectivity index (χ3v) is 5.06. The Bertz CT molecular complexity index is 1050. The second-order valence-corrected chi connectivity index (χ2v) is 7.34. The van der Waals surface area contributed by atoms with Crippen LogP contribution in [0.4, 0.5) is 5.82 Å². The van der Waals surface area contributed by atoms with Crippen molar-refractivity contribution in [2.45, 2.75) is 46.6 Å². The van der Waals surface area contributed by atoms with Crippen molar-refractivity contribution in [1.29, 1.82) is 5.41 Å². The predicted molar refractivity (Wildman–Crippen MR) is 106 cm³/mol. The Balaban J connectivity index is 1.90. The quantitative estimate of drug-likeness (QED) is 0.733. The highest BCUT2D eigenvalue weighted by Gasteiger charge is 2.26. The van der Waals surface area contributed by atoms with Gasteiger partial charge in [-0.25, -0.2) is 14.6 Å². The maximum Gasteiger partial charge on any atom is 0.190 e. The van der Waals surface area contributed by atoms with Crippen LogP contribution in [0.1, 0.15) is 44.6 Å². The Morgan fingerprint density at radius 2 is 2.11 bits per heavy atom. The number of nitrogen functional groups attached to an aromatic ring is 1. The third-order valence-electron chi connectivity index (χ3n) is 5.06. The molecule has 27 heavy (non-hydrogen) atoms. The molecule has 1 aliphatic rings. The molecule has 4 rings (SSSR count). The SMILES string of the molecule is CCC1Cc2cc(-c3nn(C(C)C)c4nc(C)nc(N)c34)ccc2OC1=N. The molecule has 0 radical (unpaired) electrons. The van der Waals surface area contributed by atoms with Crippen molar-refractivity contribution >= 4 is 22.7 Å². The lowest BCUT2D eigenvalue weighted by molar-refractivity contribution is 0.433. The number of nitrogens with one attached hydrogen (secondary N) is 1. The number of aryl methyl sites for hydroxylation is 1. The fourth-order valence-electron chi connectivity index (χ4n) is 3.61. The molecule has 1 aromatic carbocycles. The van der Waals surface area contributed by atoms with Gasteiger partial charge in [-0.05, 0) is 57.4 Å². The van der Waals surface area contributed by atoms with E-state index in [1.165, 1.54) is 0 Å². The number of hydrogen-bond donors (Lipinski definition) is 2. The van der Waals surface area contributed by atoms with Crippen LogP contribution in [-0.4, -0.2) is 25.6 Å². The molecular weight excluding hydrogens is 340 g/mol. The molecule has 3 N–H and O–H groups in total. The highest BCUT2D eigenvalue weighted by Crippen LogP contribution is 2.36. The number of aromatic nitrogens is 4. The lowest BCUT2D eigenvalue weighted by Gasteiger charge is -2.25. The molecule has 0 spiro atoms. The highest BCUT2D eigenvalue weighted by molar-refractivity contribution is 5.98. The Morgan fingerprint density at radius 1 is 1.33 bits per heavy atom. The van der Waals surface area contributed by atoms with Gasteiger partial charge in [0.15, 0.2) is 11.5 Å². The summed E-state index contributed by atoms with van der Waals surface area (Å²) in [5.41, 5.74) is 9.85. The summed E-state index contributed by atoms with van der Waals surface area (Å²) in [6, 6.07) is 6.12. The van der Waals surface area contributed by atoms with Gasteiger partial charge in [0.05, 0.1) is 5.39 Å².